The minimum Gasteiger partial charge on any atom is -0.351 e. The number of hydrogen-bond acceptors (Lipinski definition) is 3. The Bertz CT molecular complexity index is 633. The SMILES string of the molecule is CC(C)(Cc1ccccc1)NC(=O)CCCC(=O)c1cccs1. The summed E-state index contributed by atoms with van der Waals surface area (Å²) in [6, 6.07) is 13.8. The van der Waals surface area contributed by atoms with Crippen LogP contribution in [0.3, 0.4) is 0 Å². The molecule has 0 bridgehead atoms. The molecule has 4 heteroatoms. The van der Waals surface area contributed by atoms with Crippen LogP contribution in [-0.2, 0) is 11.2 Å². The van der Waals surface area contributed by atoms with Gasteiger partial charge in [0.25, 0.3) is 0 Å². The lowest BCUT2D eigenvalue weighted by atomic mass is 9.94. The summed E-state index contributed by atoms with van der Waals surface area (Å²) in [4.78, 5) is 24.8. The fourth-order valence-electron chi connectivity index (χ4n) is 2.56. The second-order valence-corrected chi connectivity index (χ2v) is 7.30. The molecule has 0 aliphatic rings. The average Bonchev–Trinajstić information content (AvgIpc) is 3.01. The van der Waals surface area contributed by atoms with Crippen LogP contribution in [0.5, 0.6) is 0 Å². The zero-order valence-electron chi connectivity index (χ0n) is 13.7. The maximum Gasteiger partial charge on any atom is 0.220 e. The molecule has 3 nitrogen and oxygen atoms in total. The van der Waals surface area contributed by atoms with Gasteiger partial charge in [0.05, 0.1) is 4.88 Å². The predicted molar refractivity (Wildman–Crippen MR) is 94.9 cm³/mol. The first kappa shape index (κ1) is 17.4. The van der Waals surface area contributed by atoms with E-state index in [9.17, 15) is 9.59 Å². The zero-order chi connectivity index (χ0) is 16.7. The van der Waals surface area contributed by atoms with Crippen molar-refractivity contribution in [1.29, 1.82) is 0 Å². The standard InChI is InChI=1S/C19H23NO2S/c1-19(2,14-15-8-4-3-5-9-15)20-18(22)12-6-10-16(21)17-11-7-13-23-17/h3-5,7-9,11,13H,6,10,12,14H2,1-2H3,(H,20,22). The van der Waals surface area contributed by atoms with Crippen molar-refractivity contribution < 1.29 is 9.59 Å². The highest BCUT2D eigenvalue weighted by molar-refractivity contribution is 7.12. The molecule has 0 aliphatic carbocycles. The van der Waals surface area contributed by atoms with Gasteiger partial charge < -0.3 is 5.32 Å². The van der Waals surface area contributed by atoms with Gasteiger partial charge in [-0.25, -0.2) is 0 Å². The minimum absolute atomic E-state index is 0.00455. The van der Waals surface area contributed by atoms with E-state index in [-0.39, 0.29) is 17.2 Å². The van der Waals surface area contributed by atoms with Gasteiger partial charge in [0.2, 0.25) is 5.91 Å². The van der Waals surface area contributed by atoms with Crippen molar-refractivity contribution in [3.05, 3.63) is 58.3 Å². The quantitative estimate of drug-likeness (QED) is 0.736. The lowest BCUT2D eigenvalue weighted by molar-refractivity contribution is -0.122. The number of thiophene rings is 1. The Kier molecular flexibility index (Phi) is 6.11. The molecule has 0 saturated carbocycles. The summed E-state index contributed by atoms with van der Waals surface area (Å²) in [6.45, 7) is 4.05. The second-order valence-electron chi connectivity index (χ2n) is 6.35. The molecule has 1 aromatic carbocycles. The summed E-state index contributed by atoms with van der Waals surface area (Å²) >= 11 is 1.45. The molecule has 1 heterocycles. The Labute approximate surface area is 141 Å². The highest BCUT2D eigenvalue weighted by atomic mass is 32.1. The van der Waals surface area contributed by atoms with Crippen molar-refractivity contribution >= 4 is 23.0 Å². The van der Waals surface area contributed by atoms with Crippen molar-refractivity contribution in [2.75, 3.05) is 0 Å². The molecule has 2 aromatic rings. The van der Waals surface area contributed by atoms with E-state index >= 15 is 0 Å². The maximum absolute atomic E-state index is 12.1. The van der Waals surface area contributed by atoms with Gasteiger partial charge in [-0.3, -0.25) is 9.59 Å². The first-order valence-electron chi connectivity index (χ1n) is 7.88. The van der Waals surface area contributed by atoms with Gasteiger partial charge in [-0.2, -0.15) is 0 Å². The molecule has 0 fully saturated rings. The van der Waals surface area contributed by atoms with Crippen LogP contribution in [0.4, 0.5) is 0 Å². The Morgan fingerprint density at radius 1 is 1.04 bits per heavy atom. The molecule has 1 amide bonds. The summed E-state index contributed by atoms with van der Waals surface area (Å²) in [6.07, 6.45) is 2.18. The van der Waals surface area contributed by atoms with E-state index < -0.39 is 0 Å². The highest BCUT2D eigenvalue weighted by Gasteiger charge is 2.20. The van der Waals surface area contributed by atoms with E-state index in [4.69, 9.17) is 0 Å². The Morgan fingerprint density at radius 3 is 2.43 bits per heavy atom. The molecule has 122 valence electrons. The largest absolute Gasteiger partial charge is 0.351 e. The van der Waals surface area contributed by atoms with Gasteiger partial charge >= 0.3 is 0 Å². The summed E-state index contributed by atoms with van der Waals surface area (Å²) in [5.41, 5.74) is 0.904. The van der Waals surface area contributed by atoms with Gasteiger partial charge in [0, 0.05) is 18.4 Å². The second kappa shape index (κ2) is 8.06. The van der Waals surface area contributed by atoms with E-state index in [1.54, 1.807) is 0 Å². The molecule has 0 saturated heterocycles. The number of ketones is 1. The number of carbonyl (C=O) groups is 2. The fraction of sp³-hybridized carbons (Fsp3) is 0.368. The number of Topliss-reactive ketones (excluding diaryl/α,β-unsaturated/α-hetero) is 1. The van der Waals surface area contributed by atoms with Crippen molar-refractivity contribution in [1.82, 2.24) is 5.32 Å². The van der Waals surface area contributed by atoms with Crippen molar-refractivity contribution in [3.8, 4) is 0 Å². The summed E-state index contributed by atoms with van der Waals surface area (Å²) in [7, 11) is 0. The highest BCUT2D eigenvalue weighted by Crippen LogP contribution is 2.15. The summed E-state index contributed by atoms with van der Waals surface area (Å²) in [5, 5.41) is 4.96. The third-order valence-corrected chi connectivity index (χ3v) is 4.48. The number of hydrogen-bond donors (Lipinski definition) is 1. The Hall–Kier alpha value is -1.94. The zero-order valence-corrected chi connectivity index (χ0v) is 14.5. The number of rotatable bonds is 8. The van der Waals surface area contributed by atoms with Crippen LogP contribution < -0.4 is 5.32 Å². The topological polar surface area (TPSA) is 46.2 Å². The van der Waals surface area contributed by atoms with Crippen molar-refractivity contribution in [2.24, 2.45) is 0 Å². The number of nitrogens with one attached hydrogen (secondary N) is 1. The lowest BCUT2D eigenvalue weighted by Crippen LogP contribution is -2.45. The monoisotopic (exact) mass is 329 g/mol. The first-order valence-corrected chi connectivity index (χ1v) is 8.76. The molecular formula is C19H23NO2S. The van der Waals surface area contributed by atoms with Crippen LogP contribution in [0.25, 0.3) is 0 Å². The van der Waals surface area contributed by atoms with E-state index in [1.807, 2.05) is 49.6 Å². The molecule has 0 atom stereocenters. The average molecular weight is 329 g/mol. The molecule has 1 N–H and O–H groups in total. The predicted octanol–water partition coefficient (Wildman–Crippen LogP) is 4.24. The molecule has 2 rings (SSSR count). The van der Waals surface area contributed by atoms with Crippen LogP contribution in [0.1, 0.15) is 48.3 Å². The minimum atomic E-state index is -0.295. The van der Waals surface area contributed by atoms with Gasteiger partial charge in [0.1, 0.15) is 0 Å². The molecular weight excluding hydrogens is 306 g/mol. The van der Waals surface area contributed by atoms with Crippen LogP contribution in [-0.4, -0.2) is 17.2 Å². The molecule has 23 heavy (non-hydrogen) atoms. The van der Waals surface area contributed by atoms with Gasteiger partial charge in [-0.05, 0) is 43.7 Å². The molecule has 1 aromatic heterocycles. The van der Waals surface area contributed by atoms with Crippen molar-refractivity contribution in [3.63, 3.8) is 0 Å². The van der Waals surface area contributed by atoms with Gasteiger partial charge in [0.15, 0.2) is 5.78 Å². The van der Waals surface area contributed by atoms with Gasteiger partial charge in [-0.15, -0.1) is 11.3 Å². The third-order valence-electron chi connectivity index (χ3n) is 3.57. The fourth-order valence-corrected chi connectivity index (χ4v) is 3.25. The van der Waals surface area contributed by atoms with Crippen LogP contribution in [0.2, 0.25) is 0 Å². The van der Waals surface area contributed by atoms with E-state index in [1.165, 1.54) is 16.9 Å². The van der Waals surface area contributed by atoms with Crippen LogP contribution in [0, 0.1) is 0 Å². The molecule has 0 radical (unpaired) electrons. The summed E-state index contributed by atoms with van der Waals surface area (Å²) < 4.78 is 0. The number of benzene rings is 1. The molecule has 0 aliphatic heterocycles. The summed E-state index contributed by atoms with van der Waals surface area (Å²) in [5.74, 6) is 0.126. The Balaban J connectivity index is 1.74. The normalized spacial score (nSPS) is 11.2. The maximum atomic E-state index is 12.1. The third kappa shape index (κ3) is 5.99. The number of carbonyl (C=O) groups excluding carboxylic acids is 2. The van der Waals surface area contributed by atoms with Crippen molar-refractivity contribution in [2.45, 2.75) is 45.1 Å². The van der Waals surface area contributed by atoms with Gasteiger partial charge in [-0.1, -0.05) is 36.4 Å². The smallest absolute Gasteiger partial charge is 0.220 e. The van der Waals surface area contributed by atoms with E-state index in [2.05, 4.69) is 17.4 Å². The van der Waals surface area contributed by atoms with E-state index in [0.717, 1.165) is 11.3 Å². The molecule has 0 spiro atoms. The van der Waals surface area contributed by atoms with E-state index in [0.29, 0.717) is 19.3 Å². The van der Waals surface area contributed by atoms with Crippen LogP contribution in [0.15, 0.2) is 47.8 Å². The Morgan fingerprint density at radius 2 is 1.78 bits per heavy atom. The van der Waals surface area contributed by atoms with Crippen LogP contribution >= 0.6 is 11.3 Å². The lowest BCUT2D eigenvalue weighted by Gasteiger charge is -2.26. The number of amides is 1. The first-order chi connectivity index (χ1) is 11.0. The molecule has 0 unspecified atom stereocenters.